The van der Waals surface area contributed by atoms with Crippen LogP contribution in [-0.4, -0.2) is 31.0 Å². The molecule has 0 heterocycles. The van der Waals surface area contributed by atoms with Gasteiger partial charge in [-0.2, -0.15) is 8.78 Å². The molecule has 0 N–H and O–H groups in total. The molecule has 0 aliphatic carbocycles. The SMILES string of the molecule is CCCCCCOCCOC(F)(F)C(F)Br. The van der Waals surface area contributed by atoms with Gasteiger partial charge in [-0.3, -0.25) is 0 Å². The average molecular weight is 307 g/mol. The van der Waals surface area contributed by atoms with Crippen molar-refractivity contribution in [3.63, 3.8) is 0 Å². The summed E-state index contributed by atoms with van der Waals surface area (Å²) in [6.45, 7) is 2.38. The summed E-state index contributed by atoms with van der Waals surface area (Å²) < 4.78 is 46.3. The van der Waals surface area contributed by atoms with Gasteiger partial charge in [0.2, 0.25) is 5.08 Å². The molecular weight excluding hydrogens is 289 g/mol. The molecule has 1 atom stereocenters. The van der Waals surface area contributed by atoms with Crippen LogP contribution < -0.4 is 0 Å². The second kappa shape index (κ2) is 9.24. The van der Waals surface area contributed by atoms with Crippen molar-refractivity contribution in [1.29, 1.82) is 0 Å². The predicted molar refractivity (Wildman–Crippen MR) is 59.7 cm³/mol. The Labute approximate surface area is 103 Å². The lowest BCUT2D eigenvalue weighted by atomic mass is 10.2. The van der Waals surface area contributed by atoms with E-state index >= 15 is 0 Å². The van der Waals surface area contributed by atoms with Crippen molar-refractivity contribution in [3.8, 4) is 0 Å². The molecule has 2 nitrogen and oxygen atoms in total. The first-order valence-electron chi connectivity index (χ1n) is 5.38. The van der Waals surface area contributed by atoms with Gasteiger partial charge in [0.05, 0.1) is 13.2 Å². The fourth-order valence-corrected chi connectivity index (χ4v) is 1.16. The molecule has 0 bridgehead atoms. The smallest absolute Gasteiger partial charge is 0.379 e. The van der Waals surface area contributed by atoms with E-state index in [1.165, 1.54) is 0 Å². The highest BCUT2D eigenvalue weighted by Gasteiger charge is 2.39. The molecule has 0 amide bonds. The normalized spacial score (nSPS) is 14.1. The zero-order chi connectivity index (χ0) is 12.4. The highest BCUT2D eigenvalue weighted by molar-refractivity contribution is 9.09. The van der Waals surface area contributed by atoms with Crippen LogP contribution in [0.4, 0.5) is 13.2 Å². The summed E-state index contributed by atoms with van der Waals surface area (Å²) in [5.74, 6) is 0. The minimum atomic E-state index is -3.79. The van der Waals surface area contributed by atoms with Gasteiger partial charge in [0, 0.05) is 6.61 Å². The zero-order valence-corrected chi connectivity index (χ0v) is 10.9. The van der Waals surface area contributed by atoms with Crippen LogP contribution in [0.25, 0.3) is 0 Å². The van der Waals surface area contributed by atoms with Crippen molar-refractivity contribution < 1.29 is 22.6 Å². The van der Waals surface area contributed by atoms with Gasteiger partial charge in [-0.1, -0.05) is 26.2 Å². The van der Waals surface area contributed by atoms with Crippen molar-refractivity contribution >= 4 is 15.9 Å². The molecule has 6 heteroatoms. The molecule has 0 aromatic heterocycles. The van der Waals surface area contributed by atoms with Crippen molar-refractivity contribution in [3.05, 3.63) is 0 Å². The van der Waals surface area contributed by atoms with Crippen LogP contribution in [0.5, 0.6) is 0 Å². The van der Waals surface area contributed by atoms with E-state index in [1.54, 1.807) is 0 Å². The van der Waals surface area contributed by atoms with Gasteiger partial charge in [-0.05, 0) is 22.4 Å². The summed E-state index contributed by atoms with van der Waals surface area (Å²) >= 11 is 2.12. The van der Waals surface area contributed by atoms with E-state index in [0.29, 0.717) is 6.61 Å². The van der Waals surface area contributed by atoms with E-state index in [0.717, 1.165) is 25.7 Å². The molecule has 0 aliphatic heterocycles. The first-order chi connectivity index (χ1) is 7.50. The molecule has 0 fully saturated rings. The first kappa shape index (κ1) is 16.2. The molecule has 16 heavy (non-hydrogen) atoms. The number of halogens is 4. The van der Waals surface area contributed by atoms with Gasteiger partial charge in [0.1, 0.15) is 0 Å². The third-order valence-corrected chi connectivity index (χ3v) is 2.45. The largest absolute Gasteiger partial charge is 0.397 e. The Hall–Kier alpha value is 0.190. The highest BCUT2D eigenvalue weighted by Crippen LogP contribution is 2.26. The average Bonchev–Trinajstić information content (AvgIpc) is 2.21. The van der Waals surface area contributed by atoms with E-state index in [4.69, 9.17) is 4.74 Å². The Morgan fingerprint density at radius 1 is 1.12 bits per heavy atom. The van der Waals surface area contributed by atoms with E-state index in [-0.39, 0.29) is 13.2 Å². The number of unbranched alkanes of at least 4 members (excludes halogenated alkanes) is 3. The van der Waals surface area contributed by atoms with Crippen molar-refractivity contribution in [2.24, 2.45) is 0 Å². The lowest BCUT2D eigenvalue weighted by molar-refractivity contribution is -0.257. The molecule has 0 rings (SSSR count). The number of hydrogen-bond acceptors (Lipinski definition) is 2. The fraction of sp³-hybridized carbons (Fsp3) is 1.00. The molecule has 1 unspecified atom stereocenters. The Balaban J connectivity index is 3.27. The minimum Gasteiger partial charge on any atom is -0.379 e. The summed E-state index contributed by atoms with van der Waals surface area (Å²) in [4.78, 5) is 0. The predicted octanol–water partition coefficient (Wildman–Crippen LogP) is 3.88. The first-order valence-corrected chi connectivity index (χ1v) is 6.30. The van der Waals surface area contributed by atoms with Crippen LogP contribution >= 0.6 is 15.9 Å². The second-order valence-corrected chi connectivity index (χ2v) is 4.19. The Morgan fingerprint density at radius 3 is 2.38 bits per heavy atom. The molecule has 0 radical (unpaired) electrons. The van der Waals surface area contributed by atoms with Crippen LogP contribution in [0.1, 0.15) is 32.6 Å². The van der Waals surface area contributed by atoms with Gasteiger partial charge in [0.25, 0.3) is 0 Å². The summed E-state index contributed by atoms with van der Waals surface area (Å²) in [5.41, 5.74) is 0. The highest BCUT2D eigenvalue weighted by atomic mass is 79.9. The monoisotopic (exact) mass is 306 g/mol. The summed E-state index contributed by atoms with van der Waals surface area (Å²) in [5, 5.41) is -2.48. The Kier molecular flexibility index (Phi) is 9.35. The van der Waals surface area contributed by atoms with Crippen molar-refractivity contribution in [2.45, 2.75) is 43.8 Å². The molecule has 0 saturated heterocycles. The van der Waals surface area contributed by atoms with E-state index in [1.807, 2.05) is 0 Å². The number of hydrogen-bond donors (Lipinski definition) is 0. The minimum absolute atomic E-state index is 0.0570. The lowest BCUT2D eigenvalue weighted by Crippen LogP contribution is -2.30. The Morgan fingerprint density at radius 2 is 1.81 bits per heavy atom. The van der Waals surface area contributed by atoms with Gasteiger partial charge in [-0.15, -0.1) is 0 Å². The molecule has 0 saturated carbocycles. The maximum absolute atomic E-state index is 12.5. The van der Waals surface area contributed by atoms with Crippen molar-refractivity contribution in [1.82, 2.24) is 0 Å². The molecule has 0 spiro atoms. The van der Waals surface area contributed by atoms with Crippen LogP contribution in [0, 0.1) is 0 Å². The Bertz CT molecular complexity index is 168. The van der Waals surface area contributed by atoms with Gasteiger partial charge in [-0.25, -0.2) is 4.39 Å². The molecule has 0 aromatic carbocycles. The van der Waals surface area contributed by atoms with E-state index < -0.39 is 11.2 Å². The lowest BCUT2D eigenvalue weighted by Gasteiger charge is -2.16. The third kappa shape index (κ3) is 8.35. The molecule has 98 valence electrons. The van der Waals surface area contributed by atoms with E-state index in [9.17, 15) is 13.2 Å². The second-order valence-electron chi connectivity index (χ2n) is 3.38. The zero-order valence-electron chi connectivity index (χ0n) is 9.36. The van der Waals surface area contributed by atoms with Crippen LogP contribution in [0.15, 0.2) is 0 Å². The number of alkyl halides is 4. The fourth-order valence-electron chi connectivity index (χ4n) is 1.03. The standard InChI is InChI=1S/C10H18BrF3O2/c1-2-3-4-5-6-15-7-8-16-10(13,14)9(11)12/h9H,2-8H2,1H3. The summed E-state index contributed by atoms with van der Waals surface area (Å²) in [6.07, 6.45) is 0.477. The topological polar surface area (TPSA) is 18.5 Å². The van der Waals surface area contributed by atoms with E-state index in [2.05, 4.69) is 27.6 Å². The maximum atomic E-state index is 12.5. The molecule has 0 aromatic rings. The number of ether oxygens (including phenoxy) is 2. The van der Waals surface area contributed by atoms with Crippen LogP contribution in [0.3, 0.4) is 0 Å². The quantitative estimate of drug-likeness (QED) is 0.450. The van der Waals surface area contributed by atoms with Gasteiger partial charge < -0.3 is 9.47 Å². The van der Waals surface area contributed by atoms with Crippen molar-refractivity contribution in [2.75, 3.05) is 19.8 Å². The number of rotatable bonds is 10. The maximum Gasteiger partial charge on any atom is 0.397 e. The summed E-state index contributed by atoms with van der Waals surface area (Å²) in [6, 6.07) is 0. The summed E-state index contributed by atoms with van der Waals surface area (Å²) in [7, 11) is 0. The third-order valence-electron chi connectivity index (χ3n) is 1.92. The van der Waals surface area contributed by atoms with Crippen LogP contribution in [-0.2, 0) is 9.47 Å². The molecular formula is C10H18BrF3O2. The van der Waals surface area contributed by atoms with Gasteiger partial charge in [0.15, 0.2) is 0 Å². The van der Waals surface area contributed by atoms with Gasteiger partial charge >= 0.3 is 6.11 Å². The van der Waals surface area contributed by atoms with Crippen LogP contribution in [0.2, 0.25) is 0 Å². The molecule has 0 aliphatic rings.